The summed E-state index contributed by atoms with van der Waals surface area (Å²) in [5.41, 5.74) is 6.33. The highest BCUT2D eigenvalue weighted by molar-refractivity contribution is 5.86. The van der Waals surface area contributed by atoms with Gasteiger partial charge in [-0.15, -0.1) is 0 Å². The summed E-state index contributed by atoms with van der Waals surface area (Å²) in [5.74, 6) is -0.362. The number of amides is 1. The van der Waals surface area contributed by atoms with Gasteiger partial charge in [-0.2, -0.15) is 0 Å². The normalized spacial score (nSPS) is 12.9. The van der Waals surface area contributed by atoms with E-state index in [1.165, 1.54) is 10.6 Å². The van der Waals surface area contributed by atoms with E-state index in [9.17, 15) is 14.7 Å². The van der Waals surface area contributed by atoms with Crippen molar-refractivity contribution >= 4 is 23.1 Å². The van der Waals surface area contributed by atoms with Crippen LogP contribution in [0.25, 0.3) is 11.3 Å². The lowest BCUT2D eigenvalue weighted by atomic mass is 9.83. The molecule has 0 radical (unpaired) electrons. The summed E-state index contributed by atoms with van der Waals surface area (Å²) >= 11 is 0. The van der Waals surface area contributed by atoms with Crippen LogP contribution in [0, 0.1) is 5.82 Å². The molecule has 1 amide bonds. The maximum Gasteiger partial charge on any atom is 0.293 e. The van der Waals surface area contributed by atoms with Crippen molar-refractivity contribution in [2.45, 2.75) is 52.3 Å². The van der Waals surface area contributed by atoms with Crippen LogP contribution in [-0.2, 0) is 43.4 Å². The van der Waals surface area contributed by atoms with Gasteiger partial charge >= 0.3 is 0 Å². The Kier molecular flexibility index (Phi) is 8.69. The van der Waals surface area contributed by atoms with Crippen LogP contribution < -0.4 is 21.1 Å². The standard InChI is InChI=1S/C35H38FN5O3/c1-6-32(43)37-18-22-9-7-10-25(15-22)38-33-34(44)40(5)20-30(39-33)26-11-8-12-31(28(26)21-42)41-14-13-23-16-24(35(2,3)4)17-29(36)27(23)19-41/h6-12,15-17,20,42H,1,13-14,18-19,21H2,2-5H3,(H,37,43)(H,38,39). The molecule has 0 saturated carbocycles. The second-order valence-corrected chi connectivity index (χ2v) is 12.1. The number of carbonyl (C=O) groups excluding carboxylic acids is 1. The zero-order chi connectivity index (χ0) is 31.6. The zero-order valence-electron chi connectivity index (χ0n) is 25.6. The first kappa shape index (κ1) is 30.7. The first-order valence-electron chi connectivity index (χ1n) is 14.6. The topological polar surface area (TPSA) is 99.5 Å². The molecule has 0 spiro atoms. The quantitative estimate of drug-likeness (QED) is 0.233. The first-order valence-corrected chi connectivity index (χ1v) is 14.6. The van der Waals surface area contributed by atoms with Crippen LogP contribution in [0.1, 0.15) is 48.6 Å². The molecular weight excluding hydrogens is 557 g/mol. The van der Waals surface area contributed by atoms with Crippen LogP contribution in [0.5, 0.6) is 0 Å². The van der Waals surface area contributed by atoms with Gasteiger partial charge in [0.05, 0.1) is 12.3 Å². The fraction of sp³-hybridized carbons (Fsp3) is 0.286. The summed E-state index contributed by atoms with van der Waals surface area (Å²) in [7, 11) is 1.65. The third-order valence-electron chi connectivity index (χ3n) is 7.99. The first-order chi connectivity index (χ1) is 21.0. The van der Waals surface area contributed by atoms with Crippen molar-refractivity contribution in [3.8, 4) is 11.3 Å². The smallest absolute Gasteiger partial charge is 0.293 e. The van der Waals surface area contributed by atoms with Gasteiger partial charge in [-0.25, -0.2) is 9.37 Å². The van der Waals surface area contributed by atoms with E-state index in [4.69, 9.17) is 0 Å². The summed E-state index contributed by atoms with van der Waals surface area (Å²) in [6, 6.07) is 16.8. The second kappa shape index (κ2) is 12.5. The van der Waals surface area contributed by atoms with Crippen LogP contribution in [0.15, 0.2) is 78.2 Å². The number of rotatable bonds is 8. The van der Waals surface area contributed by atoms with Gasteiger partial charge in [-0.3, -0.25) is 9.59 Å². The van der Waals surface area contributed by atoms with Crippen molar-refractivity contribution in [2.75, 3.05) is 16.8 Å². The number of anilines is 3. The Morgan fingerprint density at radius 2 is 1.93 bits per heavy atom. The third-order valence-corrected chi connectivity index (χ3v) is 7.99. The molecule has 0 fully saturated rings. The Morgan fingerprint density at radius 1 is 1.16 bits per heavy atom. The highest BCUT2D eigenvalue weighted by atomic mass is 19.1. The Labute approximate surface area is 256 Å². The molecule has 0 bridgehead atoms. The maximum atomic E-state index is 15.4. The molecule has 0 aliphatic carbocycles. The average molecular weight is 596 g/mol. The number of aromatic nitrogens is 2. The van der Waals surface area contributed by atoms with Crippen LogP contribution in [0.3, 0.4) is 0 Å². The molecular formula is C35H38FN5O3. The Hall–Kier alpha value is -4.76. The highest BCUT2D eigenvalue weighted by Gasteiger charge is 2.26. The summed E-state index contributed by atoms with van der Waals surface area (Å²) in [6.45, 7) is 10.8. The largest absolute Gasteiger partial charge is 0.392 e. The highest BCUT2D eigenvalue weighted by Crippen LogP contribution is 2.36. The second-order valence-electron chi connectivity index (χ2n) is 12.1. The minimum absolute atomic E-state index is 0.121. The molecule has 0 saturated heterocycles. The molecule has 228 valence electrons. The molecule has 3 N–H and O–H groups in total. The lowest BCUT2D eigenvalue weighted by Crippen LogP contribution is -2.32. The lowest BCUT2D eigenvalue weighted by Gasteiger charge is -2.34. The number of fused-ring (bicyclic) bond motifs is 1. The molecule has 44 heavy (non-hydrogen) atoms. The van der Waals surface area contributed by atoms with Crippen LogP contribution in [-0.4, -0.2) is 27.1 Å². The molecule has 8 nitrogen and oxygen atoms in total. The van der Waals surface area contributed by atoms with Crippen molar-refractivity contribution in [2.24, 2.45) is 7.05 Å². The van der Waals surface area contributed by atoms with Gasteiger partial charge in [0.2, 0.25) is 5.91 Å². The number of hydrogen-bond acceptors (Lipinski definition) is 6. The molecule has 4 aromatic rings. The fourth-order valence-electron chi connectivity index (χ4n) is 5.51. The molecule has 1 aliphatic rings. The van der Waals surface area contributed by atoms with Gasteiger partial charge < -0.3 is 25.2 Å². The number of nitrogens with one attached hydrogen (secondary N) is 2. The van der Waals surface area contributed by atoms with Crippen LogP contribution in [0.2, 0.25) is 0 Å². The predicted molar refractivity (Wildman–Crippen MR) is 172 cm³/mol. The van der Waals surface area contributed by atoms with Gasteiger partial charge in [0.25, 0.3) is 5.56 Å². The Morgan fingerprint density at radius 3 is 2.66 bits per heavy atom. The maximum absolute atomic E-state index is 15.4. The van der Waals surface area contributed by atoms with E-state index >= 15 is 4.39 Å². The van der Waals surface area contributed by atoms with E-state index in [1.807, 2.05) is 42.5 Å². The van der Waals surface area contributed by atoms with E-state index in [2.05, 4.69) is 53.9 Å². The van der Waals surface area contributed by atoms with Crippen molar-refractivity contribution < 1.29 is 14.3 Å². The molecule has 1 aromatic heterocycles. The SMILES string of the molecule is C=CC(=O)NCc1cccc(Nc2nc(-c3cccc(N4CCc5cc(C(C)(C)C)cc(F)c5C4)c3CO)cn(C)c2=O)c1. The number of carbonyl (C=O) groups is 1. The number of aliphatic hydroxyl groups excluding tert-OH is 1. The number of hydrogen-bond donors (Lipinski definition) is 3. The molecule has 9 heteroatoms. The minimum atomic E-state index is -0.321. The van der Waals surface area contributed by atoms with E-state index in [0.29, 0.717) is 54.1 Å². The Bertz CT molecular complexity index is 1790. The average Bonchev–Trinajstić information content (AvgIpc) is 3.01. The van der Waals surface area contributed by atoms with Crippen LogP contribution >= 0.6 is 0 Å². The van der Waals surface area contributed by atoms with E-state index in [0.717, 1.165) is 22.4 Å². The summed E-state index contributed by atoms with van der Waals surface area (Å²) in [4.78, 5) is 31.4. The molecule has 5 rings (SSSR count). The number of benzene rings is 3. The number of nitrogens with zero attached hydrogens (tertiary/aromatic N) is 3. The van der Waals surface area contributed by atoms with Gasteiger partial charge in [-0.1, -0.05) is 57.7 Å². The monoisotopic (exact) mass is 595 g/mol. The summed E-state index contributed by atoms with van der Waals surface area (Å²) < 4.78 is 16.8. The van der Waals surface area contributed by atoms with Gasteiger partial charge in [0, 0.05) is 60.9 Å². The van der Waals surface area contributed by atoms with Crippen LogP contribution in [0.4, 0.5) is 21.6 Å². The number of aryl methyl sites for hydroxylation is 1. The fourth-order valence-corrected chi connectivity index (χ4v) is 5.51. The molecule has 2 heterocycles. The van der Waals surface area contributed by atoms with Gasteiger partial charge in [0.15, 0.2) is 5.82 Å². The molecule has 1 aliphatic heterocycles. The molecule has 0 unspecified atom stereocenters. The van der Waals surface area contributed by atoms with Crippen molar-refractivity contribution in [1.82, 2.24) is 14.9 Å². The van der Waals surface area contributed by atoms with Crippen molar-refractivity contribution in [1.29, 1.82) is 0 Å². The Balaban J connectivity index is 1.46. The predicted octanol–water partition coefficient (Wildman–Crippen LogP) is 5.48. The van der Waals surface area contributed by atoms with Crippen molar-refractivity contribution in [3.63, 3.8) is 0 Å². The van der Waals surface area contributed by atoms with E-state index in [1.54, 1.807) is 19.3 Å². The summed E-state index contributed by atoms with van der Waals surface area (Å²) in [6.07, 6.45) is 3.54. The third kappa shape index (κ3) is 6.43. The van der Waals surface area contributed by atoms with E-state index < -0.39 is 0 Å². The van der Waals surface area contributed by atoms with E-state index in [-0.39, 0.29) is 35.1 Å². The van der Waals surface area contributed by atoms with Gasteiger partial charge in [-0.05, 0) is 58.9 Å². The molecule has 0 atom stereocenters. The van der Waals surface area contributed by atoms with Gasteiger partial charge in [0.1, 0.15) is 5.82 Å². The summed E-state index contributed by atoms with van der Waals surface area (Å²) in [5, 5.41) is 16.4. The minimum Gasteiger partial charge on any atom is -0.392 e. The number of halogens is 1. The lowest BCUT2D eigenvalue weighted by molar-refractivity contribution is -0.116. The molecule has 3 aromatic carbocycles. The zero-order valence-corrected chi connectivity index (χ0v) is 25.6. The number of aliphatic hydroxyl groups is 1. The van der Waals surface area contributed by atoms with Crippen molar-refractivity contribution in [3.05, 3.63) is 117 Å².